The van der Waals surface area contributed by atoms with E-state index in [0.717, 1.165) is 35.4 Å². The van der Waals surface area contributed by atoms with Gasteiger partial charge in [0.15, 0.2) is 5.69 Å². The molecule has 0 amide bonds. The molecule has 8 heteroatoms. The topological polar surface area (TPSA) is 78.4 Å². The van der Waals surface area contributed by atoms with Crippen molar-refractivity contribution in [2.45, 2.75) is 31.1 Å². The van der Waals surface area contributed by atoms with Gasteiger partial charge in [-0.2, -0.15) is 4.98 Å². The lowest BCUT2D eigenvalue weighted by Crippen LogP contribution is -2.18. The molecule has 0 fully saturated rings. The number of ether oxygens (including phenoxy) is 3. The highest BCUT2D eigenvalue weighted by Crippen LogP contribution is 2.41. The molecule has 1 aliphatic rings. The quantitative estimate of drug-likeness (QED) is 0.422. The molecule has 7 nitrogen and oxygen atoms in total. The first-order valence-corrected chi connectivity index (χ1v) is 10.8. The van der Waals surface area contributed by atoms with Crippen molar-refractivity contribution in [3.8, 4) is 28.6 Å². The lowest BCUT2D eigenvalue weighted by Gasteiger charge is -2.21. The van der Waals surface area contributed by atoms with Gasteiger partial charge in [-0.25, -0.2) is 0 Å². The molecule has 3 aromatic rings. The Morgan fingerprint density at radius 2 is 1.97 bits per heavy atom. The van der Waals surface area contributed by atoms with E-state index < -0.39 is 6.23 Å². The van der Waals surface area contributed by atoms with Crippen molar-refractivity contribution in [3.63, 3.8) is 0 Å². The molecule has 1 aromatic heterocycles. The van der Waals surface area contributed by atoms with Crippen LogP contribution < -0.4 is 19.5 Å². The van der Waals surface area contributed by atoms with Gasteiger partial charge in [0.25, 0.3) is 0 Å². The molecule has 0 aliphatic carbocycles. The van der Waals surface area contributed by atoms with Gasteiger partial charge in [-0.1, -0.05) is 43.3 Å². The van der Waals surface area contributed by atoms with Gasteiger partial charge in [0.1, 0.15) is 11.5 Å². The molecule has 0 bridgehead atoms. The van der Waals surface area contributed by atoms with E-state index in [0.29, 0.717) is 28.2 Å². The Kier molecular flexibility index (Phi) is 6.23. The molecule has 0 saturated heterocycles. The molecule has 2 heterocycles. The second-order valence-electron chi connectivity index (χ2n) is 6.75. The summed E-state index contributed by atoms with van der Waals surface area (Å²) in [5.41, 5.74) is 3.24. The molecule has 156 valence electrons. The highest BCUT2D eigenvalue weighted by molar-refractivity contribution is 7.99. The van der Waals surface area contributed by atoms with Crippen LogP contribution in [0.5, 0.6) is 17.4 Å². The number of thioether (sulfide) groups is 1. The summed E-state index contributed by atoms with van der Waals surface area (Å²) in [7, 11) is 3.25. The van der Waals surface area contributed by atoms with E-state index in [-0.39, 0.29) is 0 Å². The number of aromatic nitrogens is 3. The summed E-state index contributed by atoms with van der Waals surface area (Å²) in [6, 6.07) is 13.5. The highest BCUT2D eigenvalue weighted by atomic mass is 32.2. The fraction of sp³-hybridized carbons (Fsp3) is 0.318. The van der Waals surface area contributed by atoms with Crippen LogP contribution in [0.2, 0.25) is 0 Å². The van der Waals surface area contributed by atoms with Crippen LogP contribution in [0.4, 0.5) is 5.69 Å². The third kappa shape index (κ3) is 4.14. The maximum atomic E-state index is 6.33. The number of rotatable bonds is 7. The number of benzene rings is 2. The lowest BCUT2D eigenvalue weighted by molar-refractivity contribution is 0.219. The predicted octanol–water partition coefficient (Wildman–Crippen LogP) is 4.95. The largest absolute Gasteiger partial charge is 0.497 e. The van der Waals surface area contributed by atoms with E-state index in [4.69, 9.17) is 14.2 Å². The number of hydrogen-bond acceptors (Lipinski definition) is 8. The minimum atomic E-state index is -0.515. The number of anilines is 1. The van der Waals surface area contributed by atoms with Crippen LogP contribution in [0.1, 0.15) is 31.6 Å². The number of para-hydroxylation sites is 1. The van der Waals surface area contributed by atoms with E-state index in [9.17, 15) is 0 Å². The Morgan fingerprint density at radius 1 is 1.10 bits per heavy atom. The van der Waals surface area contributed by atoms with Crippen LogP contribution in [-0.4, -0.2) is 35.2 Å². The first-order valence-electron chi connectivity index (χ1n) is 9.85. The molecule has 1 aliphatic heterocycles. The fourth-order valence-electron chi connectivity index (χ4n) is 3.19. The number of methoxy groups -OCH3 is 2. The van der Waals surface area contributed by atoms with Crippen LogP contribution in [-0.2, 0) is 0 Å². The number of nitrogens with zero attached hydrogens (tertiary/aromatic N) is 3. The Bertz CT molecular complexity index is 1030. The van der Waals surface area contributed by atoms with Gasteiger partial charge in [-0.3, -0.25) is 0 Å². The lowest BCUT2D eigenvalue weighted by atomic mass is 10.1. The van der Waals surface area contributed by atoms with E-state index in [1.807, 2.05) is 42.5 Å². The first-order chi connectivity index (χ1) is 14.7. The van der Waals surface area contributed by atoms with E-state index >= 15 is 0 Å². The zero-order chi connectivity index (χ0) is 20.9. The maximum absolute atomic E-state index is 6.33. The molecule has 0 saturated carbocycles. The monoisotopic (exact) mass is 424 g/mol. The minimum absolute atomic E-state index is 0.448. The average Bonchev–Trinajstić information content (AvgIpc) is 2.95. The second kappa shape index (κ2) is 9.21. The Morgan fingerprint density at radius 3 is 2.77 bits per heavy atom. The average molecular weight is 425 g/mol. The molecular formula is C22H24N4O3S. The van der Waals surface area contributed by atoms with Crippen LogP contribution in [0.25, 0.3) is 11.3 Å². The molecule has 2 aromatic carbocycles. The van der Waals surface area contributed by atoms with Crippen molar-refractivity contribution in [1.29, 1.82) is 0 Å². The molecular weight excluding hydrogens is 400 g/mol. The molecule has 1 N–H and O–H groups in total. The number of fused-ring (bicyclic) bond motifs is 3. The summed E-state index contributed by atoms with van der Waals surface area (Å²) in [5.74, 6) is 2.77. The third-order valence-corrected chi connectivity index (χ3v) is 5.71. The predicted molar refractivity (Wildman–Crippen MR) is 117 cm³/mol. The van der Waals surface area contributed by atoms with Crippen LogP contribution >= 0.6 is 11.8 Å². The summed E-state index contributed by atoms with van der Waals surface area (Å²) in [6.07, 6.45) is 1.71. The van der Waals surface area contributed by atoms with Crippen LogP contribution in [0.15, 0.2) is 47.6 Å². The van der Waals surface area contributed by atoms with Crippen molar-refractivity contribution in [2.24, 2.45) is 0 Å². The van der Waals surface area contributed by atoms with Gasteiger partial charge >= 0.3 is 0 Å². The zero-order valence-electron chi connectivity index (χ0n) is 17.2. The van der Waals surface area contributed by atoms with E-state index in [1.54, 1.807) is 26.0 Å². The Labute approximate surface area is 180 Å². The van der Waals surface area contributed by atoms with E-state index in [1.165, 1.54) is 0 Å². The summed E-state index contributed by atoms with van der Waals surface area (Å²) in [5, 5.41) is 12.8. The highest BCUT2D eigenvalue weighted by Gasteiger charge is 2.28. The van der Waals surface area contributed by atoms with Gasteiger partial charge < -0.3 is 19.5 Å². The van der Waals surface area contributed by atoms with E-state index in [2.05, 4.69) is 27.4 Å². The van der Waals surface area contributed by atoms with Crippen molar-refractivity contribution in [1.82, 2.24) is 15.2 Å². The normalized spacial score (nSPS) is 14.6. The summed E-state index contributed by atoms with van der Waals surface area (Å²) in [6.45, 7) is 2.16. The molecule has 0 radical (unpaired) electrons. The Hall–Kier alpha value is -3.00. The van der Waals surface area contributed by atoms with Crippen LogP contribution in [0, 0.1) is 0 Å². The van der Waals surface area contributed by atoms with Crippen molar-refractivity contribution in [2.75, 3.05) is 25.3 Å². The molecule has 1 atom stereocenters. The fourth-order valence-corrected chi connectivity index (χ4v) is 4.05. The van der Waals surface area contributed by atoms with Gasteiger partial charge in [0.05, 0.1) is 19.8 Å². The van der Waals surface area contributed by atoms with Crippen molar-refractivity contribution < 1.29 is 14.2 Å². The first kappa shape index (κ1) is 20.3. The summed E-state index contributed by atoms with van der Waals surface area (Å²) < 4.78 is 17.2. The van der Waals surface area contributed by atoms with Crippen molar-refractivity contribution in [3.05, 3.63) is 48.0 Å². The molecule has 4 rings (SSSR count). The SMILES string of the molecule is CCCCSc1nnc2c(n1)OC(c1ccc(OC)cc1OC)Nc1ccccc1-2. The minimum Gasteiger partial charge on any atom is -0.497 e. The zero-order valence-corrected chi connectivity index (χ0v) is 18.0. The molecule has 0 spiro atoms. The van der Waals surface area contributed by atoms with Crippen LogP contribution in [0.3, 0.4) is 0 Å². The van der Waals surface area contributed by atoms with Gasteiger partial charge in [0.2, 0.25) is 17.3 Å². The summed E-state index contributed by atoms with van der Waals surface area (Å²) in [4.78, 5) is 4.67. The van der Waals surface area contributed by atoms with Gasteiger partial charge in [0, 0.05) is 23.1 Å². The number of nitrogens with one attached hydrogen (secondary N) is 1. The summed E-state index contributed by atoms with van der Waals surface area (Å²) >= 11 is 1.59. The number of hydrogen-bond donors (Lipinski definition) is 1. The molecule has 30 heavy (non-hydrogen) atoms. The second-order valence-corrected chi connectivity index (χ2v) is 7.81. The van der Waals surface area contributed by atoms with Crippen molar-refractivity contribution >= 4 is 17.4 Å². The smallest absolute Gasteiger partial charge is 0.247 e. The van der Waals surface area contributed by atoms with Gasteiger partial charge in [-0.15, -0.1) is 10.2 Å². The third-order valence-electron chi connectivity index (χ3n) is 4.79. The molecule has 1 unspecified atom stereocenters. The Balaban J connectivity index is 1.76. The number of unbranched alkanes of at least 4 members (excludes halogenated alkanes) is 1. The van der Waals surface area contributed by atoms with Gasteiger partial charge in [-0.05, 0) is 24.6 Å². The maximum Gasteiger partial charge on any atom is 0.247 e. The standard InChI is InChI=1S/C22H24N4O3S/c1-4-5-12-30-22-24-21-19(25-26-22)15-8-6-7-9-17(15)23-20(29-21)16-11-10-14(27-2)13-18(16)28-3/h6-11,13,20,23H,4-5,12H2,1-3H3.